The van der Waals surface area contributed by atoms with Crippen LogP contribution < -0.4 is 10.1 Å². The first-order chi connectivity index (χ1) is 7.84. The van der Waals surface area contributed by atoms with E-state index in [0.29, 0.717) is 6.61 Å². The minimum Gasteiger partial charge on any atom is -0.508 e. The van der Waals surface area contributed by atoms with Crippen LogP contribution in [0.4, 0.5) is 0 Å². The molecule has 1 saturated heterocycles. The first-order valence-electron chi connectivity index (χ1n) is 5.69. The molecular formula is C12H18N2O2. The van der Waals surface area contributed by atoms with Crippen LogP contribution in [0.2, 0.25) is 0 Å². The number of piperazine rings is 1. The largest absolute Gasteiger partial charge is 0.508 e. The van der Waals surface area contributed by atoms with Crippen LogP contribution in [0.3, 0.4) is 0 Å². The Hall–Kier alpha value is -1.26. The van der Waals surface area contributed by atoms with E-state index in [1.54, 1.807) is 24.3 Å². The molecule has 1 aromatic rings. The van der Waals surface area contributed by atoms with Gasteiger partial charge >= 0.3 is 0 Å². The van der Waals surface area contributed by atoms with E-state index in [0.717, 1.165) is 38.5 Å². The Labute approximate surface area is 95.8 Å². The number of aromatic hydroxyl groups is 1. The summed E-state index contributed by atoms with van der Waals surface area (Å²) in [5.41, 5.74) is 0. The molecular weight excluding hydrogens is 204 g/mol. The van der Waals surface area contributed by atoms with E-state index in [4.69, 9.17) is 9.84 Å². The molecule has 1 aliphatic rings. The zero-order valence-electron chi connectivity index (χ0n) is 9.35. The van der Waals surface area contributed by atoms with Crippen LogP contribution in [0.5, 0.6) is 11.5 Å². The number of nitrogens with one attached hydrogen (secondary N) is 1. The van der Waals surface area contributed by atoms with Crippen molar-refractivity contribution in [2.24, 2.45) is 0 Å². The third-order valence-electron chi connectivity index (χ3n) is 2.72. The maximum atomic E-state index is 9.12. The standard InChI is InChI=1S/C12H18N2O2/c15-11-1-3-12(4-2-11)16-10-9-14-7-5-13-6-8-14/h1-4,13,15H,5-10H2. The predicted octanol–water partition coefficient (Wildman–Crippen LogP) is 0.676. The lowest BCUT2D eigenvalue weighted by Crippen LogP contribution is -2.44. The maximum absolute atomic E-state index is 9.12. The highest BCUT2D eigenvalue weighted by atomic mass is 16.5. The molecule has 0 saturated carbocycles. The van der Waals surface area contributed by atoms with Crippen LogP contribution in [-0.2, 0) is 0 Å². The third kappa shape index (κ3) is 3.40. The van der Waals surface area contributed by atoms with Gasteiger partial charge in [0.1, 0.15) is 18.1 Å². The number of hydrogen-bond acceptors (Lipinski definition) is 4. The molecule has 4 nitrogen and oxygen atoms in total. The zero-order valence-corrected chi connectivity index (χ0v) is 9.35. The number of ether oxygens (including phenoxy) is 1. The van der Waals surface area contributed by atoms with Gasteiger partial charge in [-0.2, -0.15) is 0 Å². The molecule has 0 aliphatic carbocycles. The van der Waals surface area contributed by atoms with Crippen LogP contribution in [0.1, 0.15) is 0 Å². The van der Waals surface area contributed by atoms with Crippen LogP contribution >= 0.6 is 0 Å². The van der Waals surface area contributed by atoms with Gasteiger partial charge in [-0.15, -0.1) is 0 Å². The van der Waals surface area contributed by atoms with Gasteiger partial charge in [0.2, 0.25) is 0 Å². The molecule has 0 atom stereocenters. The van der Waals surface area contributed by atoms with E-state index < -0.39 is 0 Å². The highest BCUT2D eigenvalue weighted by Crippen LogP contribution is 2.15. The molecule has 0 spiro atoms. The predicted molar refractivity (Wildman–Crippen MR) is 62.9 cm³/mol. The van der Waals surface area contributed by atoms with Gasteiger partial charge in [0.15, 0.2) is 0 Å². The van der Waals surface area contributed by atoms with E-state index in [1.807, 2.05) is 0 Å². The smallest absolute Gasteiger partial charge is 0.119 e. The number of hydrogen-bond donors (Lipinski definition) is 2. The van der Waals surface area contributed by atoms with Crippen molar-refractivity contribution < 1.29 is 9.84 Å². The molecule has 1 aliphatic heterocycles. The third-order valence-corrected chi connectivity index (χ3v) is 2.72. The van der Waals surface area contributed by atoms with Crippen LogP contribution in [0.15, 0.2) is 24.3 Å². The monoisotopic (exact) mass is 222 g/mol. The first-order valence-corrected chi connectivity index (χ1v) is 5.69. The Morgan fingerprint density at radius 2 is 1.88 bits per heavy atom. The summed E-state index contributed by atoms with van der Waals surface area (Å²) in [4.78, 5) is 2.39. The number of nitrogens with zero attached hydrogens (tertiary/aromatic N) is 1. The molecule has 0 radical (unpaired) electrons. The van der Waals surface area contributed by atoms with Crippen LogP contribution in [-0.4, -0.2) is 49.3 Å². The van der Waals surface area contributed by atoms with Crippen molar-refractivity contribution in [3.05, 3.63) is 24.3 Å². The van der Waals surface area contributed by atoms with E-state index in [9.17, 15) is 0 Å². The van der Waals surface area contributed by atoms with Gasteiger partial charge in [-0.25, -0.2) is 0 Å². The van der Waals surface area contributed by atoms with Gasteiger partial charge in [0.05, 0.1) is 0 Å². The Bertz CT molecular complexity index is 307. The van der Waals surface area contributed by atoms with Gasteiger partial charge in [-0.1, -0.05) is 0 Å². The Morgan fingerprint density at radius 3 is 2.56 bits per heavy atom. The van der Waals surface area contributed by atoms with Gasteiger partial charge in [-0.05, 0) is 24.3 Å². The topological polar surface area (TPSA) is 44.7 Å². The molecule has 1 fully saturated rings. The lowest BCUT2D eigenvalue weighted by atomic mass is 10.3. The second-order valence-electron chi connectivity index (χ2n) is 3.93. The average Bonchev–Trinajstić information content (AvgIpc) is 2.33. The quantitative estimate of drug-likeness (QED) is 0.786. The highest BCUT2D eigenvalue weighted by molar-refractivity contribution is 5.29. The summed E-state index contributed by atoms with van der Waals surface area (Å²) < 4.78 is 5.59. The summed E-state index contributed by atoms with van der Waals surface area (Å²) in [7, 11) is 0. The zero-order chi connectivity index (χ0) is 11.2. The van der Waals surface area contributed by atoms with Crippen LogP contribution in [0, 0.1) is 0 Å². The minimum atomic E-state index is 0.273. The van der Waals surface area contributed by atoms with Crippen molar-refractivity contribution in [1.29, 1.82) is 0 Å². The molecule has 0 unspecified atom stereocenters. The van der Waals surface area contributed by atoms with E-state index in [-0.39, 0.29) is 5.75 Å². The first kappa shape index (κ1) is 11.2. The van der Waals surface area contributed by atoms with Crippen molar-refractivity contribution in [2.45, 2.75) is 0 Å². The average molecular weight is 222 g/mol. The minimum absolute atomic E-state index is 0.273. The van der Waals surface area contributed by atoms with Gasteiger partial charge < -0.3 is 15.2 Å². The van der Waals surface area contributed by atoms with E-state index >= 15 is 0 Å². The Morgan fingerprint density at radius 1 is 1.19 bits per heavy atom. The fraction of sp³-hybridized carbons (Fsp3) is 0.500. The van der Waals surface area contributed by atoms with E-state index in [2.05, 4.69) is 10.2 Å². The normalized spacial score (nSPS) is 17.2. The number of rotatable bonds is 4. The molecule has 1 heterocycles. The molecule has 16 heavy (non-hydrogen) atoms. The van der Waals surface area contributed by atoms with Crippen molar-refractivity contribution in [1.82, 2.24) is 10.2 Å². The summed E-state index contributed by atoms with van der Waals surface area (Å²) in [6, 6.07) is 6.85. The second kappa shape index (κ2) is 5.72. The SMILES string of the molecule is Oc1ccc(OCCN2CCNCC2)cc1. The maximum Gasteiger partial charge on any atom is 0.119 e. The summed E-state index contributed by atoms with van der Waals surface area (Å²) in [5, 5.41) is 12.4. The lowest BCUT2D eigenvalue weighted by Gasteiger charge is -2.26. The second-order valence-corrected chi connectivity index (χ2v) is 3.93. The summed E-state index contributed by atoms with van der Waals surface area (Å²) >= 11 is 0. The summed E-state index contributed by atoms with van der Waals surface area (Å²) in [5.74, 6) is 1.09. The lowest BCUT2D eigenvalue weighted by molar-refractivity contribution is 0.191. The summed E-state index contributed by atoms with van der Waals surface area (Å²) in [6.07, 6.45) is 0. The molecule has 0 aromatic heterocycles. The van der Waals surface area contributed by atoms with E-state index in [1.165, 1.54) is 0 Å². The van der Waals surface area contributed by atoms with Crippen molar-refractivity contribution in [3.8, 4) is 11.5 Å². The van der Waals surface area contributed by atoms with Crippen LogP contribution in [0.25, 0.3) is 0 Å². The van der Waals surface area contributed by atoms with Crippen molar-refractivity contribution in [3.63, 3.8) is 0 Å². The number of phenols is 1. The molecule has 0 bridgehead atoms. The van der Waals surface area contributed by atoms with Gasteiger partial charge in [0.25, 0.3) is 0 Å². The molecule has 2 N–H and O–H groups in total. The molecule has 1 aromatic carbocycles. The molecule has 2 rings (SSSR count). The Balaban J connectivity index is 1.69. The number of benzene rings is 1. The fourth-order valence-corrected chi connectivity index (χ4v) is 1.77. The molecule has 0 amide bonds. The van der Waals surface area contributed by atoms with Crippen molar-refractivity contribution >= 4 is 0 Å². The number of phenolic OH excluding ortho intramolecular Hbond substituents is 1. The molecule has 88 valence electrons. The highest BCUT2D eigenvalue weighted by Gasteiger charge is 2.08. The fourth-order valence-electron chi connectivity index (χ4n) is 1.77. The van der Waals surface area contributed by atoms with Gasteiger partial charge in [0, 0.05) is 32.7 Å². The van der Waals surface area contributed by atoms with Gasteiger partial charge in [-0.3, -0.25) is 4.90 Å². The summed E-state index contributed by atoms with van der Waals surface area (Å²) in [6.45, 7) is 5.99. The van der Waals surface area contributed by atoms with Crippen molar-refractivity contribution in [2.75, 3.05) is 39.3 Å². The Kier molecular flexibility index (Phi) is 4.02. The molecule has 4 heteroatoms.